The first kappa shape index (κ1) is 25.0. The van der Waals surface area contributed by atoms with E-state index in [0.717, 1.165) is 37.8 Å². The molecule has 0 bridgehead atoms. The molecule has 188 valence electrons. The van der Waals surface area contributed by atoms with Gasteiger partial charge in [-0.05, 0) is 61.4 Å². The van der Waals surface area contributed by atoms with E-state index in [4.69, 9.17) is 21.3 Å². The number of hydrogen-bond donors (Lipinski definition) is 0. The number of imidazole rings is 1. The summed E-state index contributed by atoms with van der Waals surface area (Å²) in [6.45, 7) is 4.53. The highest BCUT2D eigenvalue weighted by atomic mass is 35.5. The Morgan fingerprint density at radius 3 is 2.86 bits per heavy atom. The minimum absolute atomic E-state index is 0.0768. The number of piperidine rings is 1. The summed E-state index contributed by atoms with van der Waals surface area (Å²) in [5.74, 6) is 0.285. The van der Waals surface area contributed by atoms with Crippen LogP contribution in [0.3, 0.4) is 0 Å². The topological polar surface area (TPSA) is 64.4 Å². The zero-order valence-corrected chi connectivity index (χ0v) is 22.0. The molecule has 6 nitrogen and oxygen atoms in total. The Hall–Kier alpha value is -1.65. The Balaban J connectivity index is 1.48. The van der Waals surface area contributed by atoms with Crippen molar-refractivity contribution in [2.75, 3.05) is 19.7 Å². The summed E-state index contributed by atoms with van der Waals surface area (Å²) in [6, 6.07) is 10.2. The maximum atomic E-state index is 14.5. The molecule has 1 aromatic heterocycles. The van der Waals surface area contributed by atoms with Crippen LogP contribution in [0.1, 0.15) is 38.2 Å². The van der Waals surface area contributed by atoms with E-state index in [1.807, 2.05) is 6.07 Å². The van der Waals surface area contributed by atoms with Gasteiger partial charge in [-0.2, -0.15) is 4.31 Å². The van der Waals surface area contributed by atoms with Gasteiger partial charge < -0.3 is 9.30 Å². The van der Waals surface area contributed by atoms with Crippen LogP contribution in [-0.2, 0) is 27.1 Å². The van der Waals surface area contributed by atoms with E-state index in [9.17, 15) is 12.8 Å². The molecule has 0 N–H and O–H groups in total. The van der Waals surface area contributed by atoms with Crippen molar-refractivity contribution in [1.82, 2.24) is 13.9 Å². The second-order valence-corrected chi connectivity index (χ2v) is 12.7. The quantitative estimate of drug-likeness (QED) is 0.361. The van der Waals surface area contributed by atoms with Crippen molar-refractivity contribution < 1.29 is 17.5 Å². The molecule has 5 rings (SSSR count). The molecule has 10 heteroatoms. The molecule has 0 amide bonds. The van der Waals surface area contributed by atoms with Gasteiger partial charge in [0.2, 0.25) is 10.0 Å². The molecule has 0 radical (unpaired) electrons. The fourth-order valence-corrected chi connectivity index (χ4v) is 7.65. The lowest BCUT2D eigenvalue weighted by molar-refractivity contribution is 0.0960. The fourth-order valence-electron chi connectivity index (χ4n) is 4.84. The highest BCUT2D eigenvalue weighted by Gasteiger charge is 2.29. The molecule has 0 unspecified atom stereocenters. The standard InChI is InChI=1S/C25H29ClFN3O3S2/c1-17-5-3-11-29(14-17)35(31,32)20-9-10-23-22(13-20)28-25(30(23)15-19-7-4-12-33-19)34-16-18-6-2-8-21(26)24(18)27/h2,6,8-10,13,17,19H,3-5,7,11-12,14-16H2,1H3/t17-,19+/m1/s1. The largest absolute Gasteiger partial charge is 0.376 e. The molecule has 2 atom stereocenters. The summed E-state index contributed by atoms with van der Waals surface area (Å²) in [4.78, 5) is 5.05. The average Bonchev–Trinajstić information content (AvgIpc) is 3.48. The third kappa shape index (κ3) is 5.25. The molecule has 2 aromatic carbocycles. The summed E-state index contributed by atoms with van der Waals surface area (Å²) in [5.41, 5.74) is 1.96. The van der Waals surface area contributed by atoms with Crippen LogP contribution in [0.15, 0.2) is 46.5 Å². The number of hydrogen-bond acceptors (Lipinski definition) is 5. The maximum Gasteiger partial charge on any atom is 0.243 e. The highest BCUT2D eigenvalue weighted by Crippen LogP contribution is 2.32. The number of fused-ring (bicyclic) bond motifs is 1. The number of halogens is 2. The van der Waals surface area contributed by atoms with E-state index in [-0.39, 0.29) is 16.0 Å². The lowest BCUT2D eigenvalue weighted by atomic mass is 10.0. The first-order chi connectivity index (χ1) is 16.8. The first-order valence-electron chi connectivity index (χ1n) is 12.0. The predicted octanol–water partition coefficient (Wildman–Crippen LogP) is 5.72. The van der Waals surface area contributed by atoms with Crippen LogP contribution in [0.4, 0.5) is 4.39 Å². The lowest BCUT2D eigenvalue weighted by Crippen LogP contribution is -2.39. The molecule has 2 aliphatic rings. The summed E-state index contributed by atoms with van der Waals surface area (Å²) >= 11 is 7.37. The van der Waals surface area contributed by atoms with Crippen molar-refractivity contribution >= 4 is 44.4 Å². The fraction of sp³-hybridized carbons (Fsp3) is 0.480. The molecule has 35 heavy (non-hydrogen) atoms. The van der Waals surface area contributed by atoms with Crippen molar-refractivity contribution in [2.45, 2.75) is 61.1 Å². The maximum absolute atomic E-state index is 14.5. The zero-order chi connectivity index (χ0) is 24.6. The normalized spacial score (nSPS) is 21.7. The van der Waals surface area contributed by atoms with E-state index in [2.05, 4.69) is 11.5 Å². The minimum Gasteiger partial charge on any atom is -0.376 e. The zero-order valence-electron chi connectivity index (χ0n) is 19.6. The van der Waals surface area contributed by atoms with Gasteiger partial charge in [-0.1, -0.05) is 42.4 Å². The molecule has 3 aromatic rings. The lowest BCUT2D eigenvalue weighted by Gasteiger charge is -2.30. The highest BCUT2D eigenvalue weighted by molar-refractivity contribution is 7.98. The average molecular weight is 538 g/mol. The van der Waals surface area contributed by atoms with Gasteiger partial charge in [0.05, 0.1) is 33.6 Å². The second kappa shape index (κ2) is 10.4. The van der Waals surface area contributed by atoms with Crippen molar-refractivity contribution in [2.24, 2.45) is 5.92 Å². The Morgan fingerprint density at radius 1 is 1.23 bits per heavy atom. The van der Waals surface area contributed by atoms with E-state index >= 15 is 0 Å². The third-order valence-electron chi connectivity index (χ3n) is 6.74. The number of benzene rings is 2. The number of aromatic nitrogens is 2. The van der Waals surface area contributed by atoms with Crippen molar-refractivity contribution in [3.63, 3.8) is 0 Å². The Morgan fingerprint density at radius 2 is 2.09 bits per heavy atom. The Bertz CT molecular complexity index is 1320. The van der Waals surface area contributed by atoms with Crippen LogP contribution < -0.4 is 0 Å². The van der Waals surface area contributed by atoms with Crippen LogP contribution in [-0.4, -0.2) is 48.1 Å². The third-order valence-corrected chi connectivity index (χ3v) is 9.92. The summed E-state index contributed by atoms with van der Waals surface area (Å²) in [5, 5.41) is 0.800. The van der Waals surface area contributed by atoms with Crippen LogP contribution in [0, 0.1) is 11.7 Å². The smallest absolute Gasteiger partial charge is 0.243 e. The van der Waals surface area contributed by atoms with Gasteiger partial charge in [0.1, 0.15) is 5.82 Å². The molecule has 2 aliphatic heterocycles. The van der Waals surface area contributed by atoms with Crippen LogP contribution in [0.2, 0.25) is 5.02 Å². The Labute approximate surface area is 214 Å². The molecular formula is C25H29ClFN3O3S2. The monoisotopic (exact) mass is 537 g/mol. The van der Waals surface area contributed by atoms with Gasteiger partial charge in [-0.25, -0.2) is 17.8 Å². The summed E-state index contributed by atoms with van der Waals surface area (Å²) in [7, 11) is -3.59. The van der Waals surface area contributed by atoms with Gasteiger partial charge in [0.15, 0.2) is 5.16 Å². The molecule has 2 fully saturated rings. The van der Waals surface area contributed by atoms with Gasteiger partial charge in [0.25, 0.3) is 0 Å². The van der Waals surface area contributed by atoms with Gasteiger partial charge in [-0.3, -0.25) is 0 Å². The molecule has 0 saturated carbocycles. The van der Waals surface area contributed by atoms with E-state index in [1.165, 1.54) is 17.8 Å². The van der Waals surface area contributed by atoms with Crippen LogP contribution in [0.5, 0.6) is 0 Å². The molecule has 3 heterocycles. The van der Waals surface area contributed by atoms with Crippen molar-refractivity contribution in [1.29, 1.82) is 0 Å². The number of rotatable bonds is 7. The number of thioether (sulfide) groups is 1. The second-order valence-electron chi connectivity index (χ2n) is 9.40. The van der Waals surface area contributed by atoms with Gasteiger partial charge >= 0.3 is 0 Å². The van der Waals surface area contributed by atoms with Crippen molar-refractivity contribution in [3.05, 3.63) is 52.8 Å². The van der Waals surface area contributed by atoms with Gasteiger partial charge in [0, 0.05) is 25.4 Å². The Kier molecular flexibility index (Phi) is 7.42. The number of ether oxygens (including phenoxy) is 1. The van der Waals surface area contributed by atoms with E-state index in [1.54, 1.807) is 28.6 Å². The molecule has 2 saturated heterocycles. The van der Waals surface area contributed by atoms with Gasteiger partial charge in [-0.15, -0.1) is 0 Å². The summed E-state index contributed by atoms with van der Waals surface area (Å²) in [6.07, 6.45) is 3.98. The van der Waals surface area contributed by atoms with E-state index < -0.39 is 15.8 Å². The minimum atomic E-state index is -3.59. The van der Waals surface area contributed by atoms with Crippen LogP contribution >= 0.6 is 23.4 Å². The molecule has 0 aliphatic carbocycles. The molecule has 0 spiro atoms. The molecular weight excluding hydrogens is 509 g/mol. The number of sulfonamides is 1. The SMILES string of the molecule is C[C@@H]1CCCN(S(=O)(=O)c2ccc3c(c2)nc(SCc2cccc(Cl)c2F)n3C[C@@H]2CCCO2)C1. The summed E-state index contributed by atoms with van der Waals surface area (Å²) < 4.78 is 50.7. The van der Waals surface area contributed by atoms with Crippen LogP contribution in [0.25, 0.3) is 11.0 Å². The first-order valence-corrected chi connectivity index (χ1v) is 14.8. The number of nitrogens with zero attached hydrogens (tertiary/aromatic N) is 3. The predicted molar refractivity (Wildman–Crippen MR) is 137 cm³/mol. The van der Waals surface area contributed by atoms with Crippen molar-refractivity contribution in [3.8, 4) is 0 Å². The van der Waals surface area contributed by atoms with E-state index in [0.29, 0.717) is 47.5 Å².